The molecule has 2 heteroatoms. The molecule has 0 amide bonds. The van der Waals surface area contributed by atoms with E-state index in [1.54, 1.807) is 12.4 Å². The van der Waals surface area contributed by atoms with Crippen molar-refractivity contribution in [2.24, 2.45) is 0 Å². The van der Waals surface area contributed by atoms with Crippen LogP contribution in [0.25, 0.3) is 12.2 Å². The van der Waals surface area contributed by atoms with Crippen LogP contribution in [0.4, 0.5) is 0 Å². The molecule has 74 valence electrons. The molecule has 0 aliphatic carbocycles. The molecule has 0 unspecified atom stereocenters. The lowest BCUT2D eigenvalue weighted by atomic mass is 10.1. The van der Waals surface area contributed by atoms with Gasteiger partial charge in [-0.15, -0.1) is 0 Å². The van der Waals surface area contributed by atoms with E-state index < -0.39 is 0 Å². The highest BCUT2D eigenvalue weighted by Gasteiger charge is 1.92. The molecule has 0 spiro atoms. The Bertz CT molecular complexity index is 463. The Hall–Kier alpha value is -1.41. The molecule has 0 bridgehead atoms. The molecule has 1 aromatic heterocycles. The minimum absolute atomic E-state index is 1.11. The molecule has 0 atom stereocenters. The second-order valence-electron chi connectivity index (χ2n) is 3.14. The minimum Gasteiger partial charge on any atom is -0.265 e. The average Bonchev–Trinajstić information content (AvgIpc) is 2.29. The maximum absolute atomic E-state index is 3.97. The van der Waals surface area contributed by atoms with Crippen molar-refractivity contribution in [3.8, 4) is 0 Å². The summed E-state index contributed by atoms with van der Waals surface area (Å²) >= 11 is 3.51. The molecular formula is C13H10BrN. The van der Waals surface area contributed by atoms with E-state index in [1.165, 1.54) is 5.56 Å². The summed E-state index contributed by atoms with van der Waals surface area (Å²) in [6, 6.07) is 12.1. The second kappa shape index (κ2) is 4.89. The zero-order valence-electron chi connectivity index (χ0n) is 8.10. The normalized spacial score (nSPS) is 10.7. The maximum Gasteiger partial charge on any atom is 0.0273 e. The van der Waals surface area contributed by atoms with Crippen LogP contribution in [-0.4, -0.2) is 4.98 Å². The lowest BCUT2D eigenvalue weighted by molar-refractivity contribution is 1.32. The molecule has 0 aliphatic heterocycles. The molecule has 15 heavy (non-hydrogen) atoms. The third-order valence-corrected chi connectivity index (χ3v) is 2.79. The number of halogens is 1. The lowest BCUT2D eigenvalue weighted by Gasteiger charge is -1.96. The van der Waals surface area contributed by atoms with Crippen molar-refractivity contribution in [3.05, 3.63) is 64.4 Å². The van der Waals surface area contributed by atoms with Gasteiger partial charge in [0.1, 0.15) is 0 Å². The monoisotopic (exact) mass is 259 g/mol. The van der Waals surface area contributed by atoms with Crippen LogP contribution in [0, 0.1) is 0 Å². The molecule has 2 rings (SSSR count). The maximum atomic E-state index is 3.97. The smallest absolute Gasteiger partial charge is 0.0273 e. The molecule has 2 aromatic rings. The fourth-order valence-electron chi connectivity index (χ4n) is 1.27. The molecule has 0 aliphatic rings. The number of hydrogen-bond acceptors (Lipinski definition) is 1. The Morgan fingerprint density at radius 3 is 2.40 bits per heavy atom. The first-order valence-electron chi connectivity index (χ1n) is 4.69. The highest BCUT2D eigenvalue weighted by molar-refractivity contribution is 9.10. The number of rotatable bonds is 2. The standard InChI is InChI=1S/C13H10BrN/c14-13-4-2-1-3-12(13)6-5-11-7-9-15-10-8-11/h1-10H. The van der Waals surface area contributed by atoms with Gasteiger partial charge in [-0.25, -0.2) is 0 Å². The average molecular weight is 260 g/mol. The third kappa shape index (κ3) is 2.77. The van der Waals surface area contributed by atoms with E-state index in [2.05, 4.69) is 39.1 Å². The summed E-state index contributed by atoms with van der Waals surface area (Å²) in [5, 5.41) is 0. The van der Waals surface area contributed by atoms with Crippen molar-refractivity contribution in [1.29, 1.82) is 0 Å². The predicted octanol–water partition coefficient (Wildman–Crippen LogP) is 4.01. The van der Waals surface area contributed by atoms with Crippen LogP contribution in [0.1, 0.15) is 11.1 Å². The second-order valence-corrected chi connectivity index (χ2v) is 3.99. The number of nitrogens with zero attached hydrogens (tertiary/aromatic N) is 1. The van der Waals surface area contributed by atoms with Gasteiger partial charge in [0, 0.05) is 16.9 Å². The van der Waals surface area contributed by atoms with Crippen LogP contribution < -0.4 is 0 Å². The highest BCUT2D eigenvalue weighted by Crippen LogP contribution is 2.18. The van der Waals surface area contributed by atoms with Gasteiger partial charge in [-0.3, -0.25) is 4.98 Å². The van der Waals surface area contributed by atoms with Gasteiger partial charge in [0.15, 0.2) is 0 Å². The summed E-state index contributed by atoms with van der Waals surface area (Å²) < 4.78 is 1.11. The van der Waals surface area contributed by atoms with Gasteiger partial charge >= 0.3 is 0 Å². The number of pyridine rings is 1. The first-order valence-corrected chi connectivity index (χ1v) is 5.48. The Balaban J connectivity index is 2.23. The topological polar surface area (TPSA) is 12.9 Å². The van der Waals surface area contributed by atoms with Crippen LogP contribution in [0.15, 0.2) is 53.3 Å². The molecule has 0 saturated carbocycles. The molecule has 1 aromatic carbocycles. The van der Waals surface area contributed by atoms with E-state index in [4.69, 9.17) is 0 Å². The molecule has 0 radical (unpaired) electrons. The quantitative estimate of drug-likeness (QED) is 0.794. The zero-order valence-corrected chi connectivity index (χ0v) is 9.68. The largest absolute Gasteiger partial charge is 0.265 e. The van der Waals surface area contributed by atoms with E-state index in [0.29, 0.717) is 0 Å². The molecule has 0 fully saturated rings. The fourth-order valence-corrected chi connectivity index (χ4v) is 1.69. The van der Waals surface area contributed by atoms with E-state index in [-0.39, 0.29) is 0 Å². The van der Waals surface area contributed by atoms with Crippen LogP contribution in [-0.2, 0) is 0 Å². The predicted molar refractivity (Wildman–Crippen MR) is 67.3 cm³/mol. The van der Waals surface area contributed by atoms with Gasteiger partial charge in [0.25, 0.3) is 0 Å². The zero-order chi connectivity index (χ0) is 10.5. The van der Waals surface area contributed by atoms with Crippen LogP contribution in [0.2, 0.25) is 0 Å². The molecule has 0 N–H and O–H groups in total. The van der Waals surface area contributed by atoms with Gasteiger partial charge in [-0.1, -0.05) is 46.3 Å². The summed E-state index contributed by atoms with van der Waals surface area (Å²) in [7, 11) is 0. The SMILES string of the molecule is Brc1ccccc1C=Cc1ccncc1. The van der Waals surface area contributed by atoms with E-state index in [1.807, 2.05) is 30.3 Å². The van der Waals surface area contributed by atoms with Crippen LogP contribution in [0.3, 0.4) is 0 Å². The van der Waals surface area contributed by atoms with Gasteiger partial charge in [-0.05, 0) is 29.3 Å². The molecular weight excluding hydrogens is 250 g/mol. The van der Waals surface area contributed by atoms with E-state index >= 15 is 0 Å². The Kier molecular flexibility index (Phi) is 3.30. The van der Waals surface area contributed by atoms with Gasteiger partial charge in [0.2, 0.25) is 0 Å². The Morgan fingerprint density at radius 2 is 1.67 bits per heavy atom. The summed E-state index contributed by atoms with van der Waals surface area (Å²) in [6.07, 6.45) is 7.74. The van der Waals surface area contributed by atoms with Crippen molar-refractivity contribution in [2.45, 2.75) is 0 Å². The Morgan fingerprint density at radius 1 is 0.933 bits per heavy atom. The number of hydrogen-bond donors (Lipinski definition) is 0. The van der Waals surface area contributed by atoms with Crippen molar-refractivity contribution < 1.29 is 0 Å². The first-order chi connectivity index (χ1) is 7.36. The summed E-state index contributed by atoms with van der Waals surface area (Å²) in [5.74, 6) is 0. The summed E-state index contributed by atoms with van der Waals surface area (Å²) in [6.45, 7) is 0. The van der Waals surface area contributed by atoms with Crippen molar-refractivity contribution in [2.75, 3.05) is 0 Å². The van der Waals surface area contributed by atoms with Crippen molar-refractivity contribution >= 4 is 28.1 Å². The van der Waals surface area contributed by atoms with E-state index in [0.717, 1.165) is 10.0 Å². The van der Waals surface area contributed by atoms with Crippen molar-refractivity contribution in [1.82, 2.24) is 4.98 Å². The van der Waals surface area contributed by atoms with Gasteiger partial charge < -0.3 is 0 Å². The van der Waals surface area contributed by atoms with Gasteiger partial charge in [-0.2, -0.15) is 0 Å². The highest BCUT2D eigenvalue weighted by atomic mass is 79.9. The molecule has 0 saturated heterocycles. The third-order valence-electron chi connectivity index (χ3n) is 2.07. The number of aromatic nitrogens is 1. The summed E-state index contributed by atoms with van der Waals surface area (Å²) in [4.78, 5) is 3.97. The minimum atomic E-state index is 1.11. The summed E-state index contributed by atoms with van der Waals surface area (Å²) in [5.41, 5.74) is 2.33. The van der Waals surface area contributed by atoms with E-state index in [9.17, 15) is 0 Å². The Labute approximate surface area is 97.6 Å². The molecule has 1 heterocycles. The molecule has 1 nitrogen and oxygen atoms in total. The first kappa shape index (κ1) is 10.1. The van der Waals surface area contributed by atoms with Gasteiger partial charge in [0.05, 0.1) is 0 Å². The number of benzene rings is 1. The van der Waals surface area contributed by atoms with Crippen molar-refractivity contribution in [3.63, 3.8) is 0 Å². The fraction of sp³-hybridized carbons (Fsp3) is 0. The lowest BCUT2D eigenvalue weighted by Crippen LogP contribution is -1.75. The van der Waals surface area contributed by atoms with Crippen LogP contribution >= 0.6 is 15.9 Å². The van der Waals surface area contributed by atoms with Crippen LogP contribution in [0.5, 0.6) is 0 Å².